The van der Waals surface area contributed by atoms with Gasteiger partial charge in [-0.2, -0.15) is 5.26 Å². The number of ether oxygens (including phenoxy) is 1. The summed E-state index contributed by atoms with van der Waals surface area (Å²) in [6.45, 7) is 5.62. The maximum atomic E-state index is 10.6. The third-order valence-electron chi connectivity index (χ3n) is 3.44. The Morgan fingerprint density at radius 3 is 2.41 bits per heavy atom. The van der Waals surface area contributed by atoms with Gasteiger partial charge in [-0.1, -0.05) is 17.7 Å². The van der Waals surface area contributed by atoms with Crippen LogP contribution in [0.4, 0.5) is 5.69 Å². The highest BCUT2D eigenvalue weighted by Crippen LogP contribution is 2.19. The van der Waals surface area contributed by atoms with Crippen LogP contribution in [0.2, 0.25) is 0 Å². The minimum atomic E-state index is -0.398. The van der Waals surface area contributed by atoms with Crippen molar-refractivity contribution in [2.45, 2.75) is 20.8 Å². The molecule has 0 unspecified atom stereocenters. The van der Waals surface area contributed by atoms with Crippen molar-refractivity contribution in [3.8, 4) is 11.8 Å². The van der Waals surface area contributed by atoms with Crippen molar-refractivity contribution in [3.63, 3.8) is 0 Å². The molecule has 7 nitrogen and oxygen atoms in total. The summed E-state index contributed by atoms with van der Waals surface area (Å²) in [5.41, 5.74) is 2.69. The third-order valence-corrected chi connectivity index (χ3v) is 3.44. The van der Waals surface area contributed by atoms with Crippen molar-refractivity contribution in [1.29, 1.82) is 5.26 Å². The largest absolute Gasteiger partial charge is 0.479 e. The summed E-state index contributed by atoms with van der Waals surface area (Å²) in [5, 5.41) is 18.9. The van der Waals surface area contributed by atoms with E-state index in [9.17, 15) is 10.1 Å². The SMILES string of the molecule is CC=NC(=NC)c1ccc([N+](=O)[O-])c(C)c1.Cc1ccc(OCC#N)cc1. The first-order valence-electron chi connectivity index (χ1n) is 8.20. The number of aryl methyl sites for hydroxylation is 2. The average molecular weight is 366 g/mol. The molecule has 0 radical (unpaired) electrons. The Morgan fingerprint density at radius 1 is 1.26 bits per heavy atom. The fraction of sp³-hybridized carbons (Fsp3) is 0.250. The van der Waals surface area contributed by atoms with Gasteiger partial charge in [0.1, 0.15) is 11.8 Å². The number of hydrogen-bond donors (Lipinski definition) is 0. The first kappa shape index (κ1) is 21.5. The highest BCUT2D eigenvalue weighted by molar-refractivity contribution is 6.03. The second-order valence-corrected chi connectivity index (χ2v) is 5.45. The summed E-state index contributed by atoms with van der Waals surface area (Å²) < 4.78 is 5.05. The van der Waals surface area contributed by atoms with Crippen LogP contribution < -0.4 is 4.74 Å². The number of nitro groups is 1. The molecule has 2 rings (SSSR count). The van der Waals surface area contributed by atoms with E-state index in [1.165, 1.54) is 11.6 Å². The molecule has 0 aliphatic rings. The lowest BCUT2D eigenvalue weighted by atomic mass is 10.1. The molecule has 0 N–H and O–H groups in total. The second kappa shape index (κ2) is 11.2. The quantitative estimate of drug-likeness (QED) is 0.349. The van der Waals surface area contributed by atoms with Crippen LogP contribution >= 0.6 is 0 Å². The number of rotatable bonds is 4. The van der Waals surface area contributed by atoms with Crippen LogP contribution in [0.3, 0.4) is 0 Å². The second-order valence-electron chi connectivity index (χ2n) is 5.45. The lowest BCUT2D eigenvalue weighted by Crippen LogP contribution is -1.99. The molecule has 0 bridgehead atoms. The van der Waals surface area contributed by atoms with E-state index >= 15 is 0 Å². The van der Waals surface area contributed by atoms with Gasteiger partial charge in [0.15, 0.2) is 12.4 Å². The third kappa shape index (κ3) is 7.08. The molecular weight excluding hydrogens is 344 g/mol. The van der Waals surface area contributed by atoms with Crippen LogP contribution in [-0.2, 0) is 0 Å². The molecule has 140 valence electrons. The first-order chi connectivity index (χ1) is 12.9. The topological polar surface area (TPSA) is 101 Å². The molecule has 0 atom stereocenters. The van der Waals surface area contributed by atoms with Crippen LogP contribution in [0.15, 0.2) is 52.4 Å². The number of hydrogen-bond acceptors (Lipinski definition) is 5. The Bertz CT molecular complexity index is 866. The number of nitro benzene ring substituents is 1. The molecule has 0 saturated heterocycles. The van der Waals surface area contributed by atoms with Gasteiger partial charge in [-0.15, -0.1) is 0 Å². The highest BCUT2D eigenvalue weighted by atomic mass is 16.6. The number of nitrogens with zero attached hydrogens (tertiary/aromatic N) is 4. The van der Waals surface area contributed by atoms with Crippen LogP contribution in [0.5, 0.6) is 5.75 Å². The van der Waals surface area contributed by atoms with Gasteiger partial charge in [-0.25, -0.2) is 4.99 Å². The Labute approximate surface area is 158 Å². The van der Waals surface area contributed by atoms with Crippen molar-refractivity contribution in [3.05, 3.63) is 69.3 Å². The van der Waals surface area contributed by atoms with E-state index in [-0.39, 0.29) is 12.3 Å². The standard InChI is InChI=1S/C11H13N3O2.C9H9NO/c1-4-13-11(12-3)9-5-6-10(14(15)16)8(2)7-9;1-8-2-4-9(5-3-8)11-7-6-10/h4-7H,1-3H3;2-5H,7H2,1H3. The molecule has 0 fully saturated rings. The summed E-state index contributed by atoms with van der Waals surface area (Å²) >= 11 is 0. The predicted octanol–water partition coefficient (Wildman–Crippen LogP) is 4.27. The molecule has 0 spiro atoms. The molecule has 2 aromatic rings. The number of aliphatic imine (C=N–C) groups is 2. The zero-order valence-corrected chi connectivity index (χ0v) is 15.8. The lowest BCUT2D eigenvalue weighted by molar-refractivity contribution is -0.385. The van der Waals surface area contributed by atoms with E-state index in [0.29, 0.717) is 11.4 Å². The molecule has 0 aliphatic carbocycles. The van der Waals surface area contributed by atoms with Crippen LogP contribution in [0, 0.1) is 35.3 Å². The van der Waals surface area contributed by atoms with Crippen molar-refractivity contribution >= 4 is 17.7 Å². The first-order valence-corrected chi connectivity index (χ1v) is 8.20. The van der Waals surface area contributed by atoms with Gasteiger partial charge >= 0.3 is 0 Å². The Morgan fingerprint density at radius 2 is 1.93 bits per heavy atom. The van der Waals surface area contributed by atoms with Crippen molar-refractivity contribution in [1.82, 2.24) is 0 Å². The molecule has 0 heterocycles. The number of nitriles is 1. The number of benzene rings is 2. The molecule has 0 aromatic heterocycles. The smallest absolute Gasteiger partial charge is 0.272 e. The van der Waals surface area contributed by atoms with Crippen molar-refractivity contribution in [2.24, 2.45) is 9.98 Å². The zero-order chi connectivity index (χ0) is 20.2. The van der Waals surface area contributed by atoms with E-state index in [0.717, 1.165) is 11.3 Å². The molecule has 27 heavy (non-hydrogen) atoms. The Kier molecular flexibility index (Phi) is 8.89. The average Bonchev–Trinajstić information content (AvgIpc) is 2.66. The predicted molar refractivity (Wildman–Crippen MR) is 107 cm³/mol. The Balaban J connectivity index is 0.000000289. The van der Waals surface area contributed by atoms with Gasteiger partial charge in [0.05, 0.1) is 4.92 Å². The van der Waals surface area contributed by atoms with Crippen LogP contribution in [0.25, 0.3) is 0 Å². The van der Waals surface area contributed by atoms with Crippen LogP contribution in [0.1, 0.15) is 23.6 Å². The van der Waals surface area contributed by atoms with Gasteiger partial charge in [-0.3, -0.25) is 15.1 Å². The summed E-state index contributed by atoms with van der Waals surface area (Å²) in [4.78, 5) is 18.3. The maximum absolute atomic E-state index is 10.6. The van der Waals surface area contributed by atoms with E-state index in [4.69, 9.17) is 10.00 Å². The number of amidine groups is 1. The van der Waals surface area contributed by atoms with E-state index in [1.807, 2.05) is 37.3 Å². The molecular formula is C20H22N4O3. The van der Waals surface area contributed by atoms with Gasteiger partial charge in [0.2, 0.25) is 0 Å². The minimum Gasteiger partial charge on any atom is -0.479 e. The van der Waals surface area contributed by atoms with E-state index in [1.54, 1.807) is 39.2 Å². The monoisotopic (exact) mass is 366 g/mol. The molecule has 2 aromatic carbocycles. The van der Waals surface area contributed by atoms with E-state index < -0.39 is 4.92 Å². The van der Waals surface area contributed by atoms with Gasteiger partial charge < -0.3 is 4.74 Å². The maximum Gasteiger partial charge on any atom is 0.272 e. The van der Waals surface area contributed by atoms with Gasteiger partial charge in [0, 0.05) is 30.5 Å². The van der Waals surface area contributed by atoms with Gasteiger partial charge in [0.25, 0.3) is 5.69 Å². The molecule has 0 aliphatic heterocycles. The fourth-order valence-electron chi connectivity index (χ4n) is 2.13. The van der Waals surface area contributed by atoms with Crippen LogP contribution in [-0.4, -0.2) is 30.6 Å². The molecule has 0 amide bonds. The zero-order valence-electron chi connectivity index (χ0n) is 15.8. The summed E-state index contributed by atoms with van der Waals surface area (Å²) in [6, 6.07) is 14.4. The minimum absolute atomic E-state index is 0.111. The summed E-state index contributed by atoms with van der Waals surface area (Å²) in [6.07, 6.45) is 1.64. The lowest BCUT2D eigenvalue weighted by Gasteiger charge is -2.02. The van der Waals surface area contributed by atoms with E-state index in [2.05, 4.69) is 9.98 Å². The molecule has 7 heteroatoms. The highest BCUT2D eigenvalue weighted by Gasteiger charge is 2.11. The fourth-order valence-corrected chi connectivity index (χ4v) is 2.13. The van der Waals surface area contributed by atoms with Gasteiger partial charge in [-0.05, 0) is 45.0 Å². The van der Waals surface area contributed by atoms with Crippen molar-refractivity contribution in [2.75, 3.05) is 13.7 Å². The molecule has 0 saturated carbocycles. The summed E-state index contributed by atoms with van der Waals surface area (Å²) in [7, 11) is 1.64. The summed E-state index contributed by atoms with van der Waals surface area (Å²) in [5.74, 6) is 1.32. The Hall–Kier alpha value is -3.53. The normalized spacial score (nSPS) is 10.7. The van der Waals surface area contributed by atoms with Crippen molar-refractivity contribution < 1.29 is 9.66 Å².